The lowest BCUT2D eigenvalue weighted by atomic mass is 10.0. The standard InChI is InChI=1S/C14H27N3/c1-15-6-4-14(5-7-15)17-10-8-16(9-11-17)12-13-2-3-13/h13-14H,2-12H2,1H3. The molecule has 0 aromatic carbocycles. The topological polar surface area (TPSA) is 9.72 Å². The quantitative estimate of drug-likeness (QED) is 0.728. The van der Waals surface area contributed by atoms with Crippen LogP contribution in [0.5, 0.6) is 0 Å². The third-order valence-electron chi connectivity index (χ3n) is 4.82. The summed E-state index contributed by atoms with van der Waals surface area (Å²) in [6.07, 6.45) is 5.77. The lowest BCUT2D eigenvalue weighted by Crippen LogP contribution is -2.53. The van der Waals surface area contributed by atoms with Gasteiger partial charge in [0.2, 0.25) is 0 Å². The number of piperazine rings is 1. The summed E-state index contributed by atoms with van der Waals surface area (Å²) in [5.41, 5.74) is 0. The molecule has 0 N–H and O–H groups in total. The average Bonchev–Trinajstić information content (AvgIpc) is 3.15. The summed E-state index contributed by atoms with van der Waals surface area (Å²) >= 11 is 0. The zero-order chi connectivity index (χ0) is 11.7. The van der Waals surface area contributed by atoms with Gasteiger partial charge in [0.25, 0.3) is 0 Å². The predicted octanol–water partition coefficient (Wildman–Crippen LogP) is 1.11. The van der Waals surface area contributed by atoms with E-state index < -0.39 is 0 Å². The summed E-state index contributed by atoms with van der Waals surface area (Å²) in [5, 5.41) is 0. The minimum absolute atomic E-state index is 0.884. The van der Waals surface area contributed by atoms with Gasteiger partial charge in [-0.05, 0) is 51.7 Å². The average molecular weight is 237 g/mol. The molecule has 3 aliphatic rings. The van der Waals surface area contributed by atoms with Gasteiger partial charge in [-0.15, -0.1) is 0 Å². The van der Waals surface area contributed by atoms with Crippen LogP contribution in [0.3, 0.4) is 0 Å². The minimum Gasteiger partial charge on any atom is -0.306 e. The molecule has 0 unspecified atom stereocenters. The van der Waals surface area contributed by atoms with Gasteiger partial charge in [-0.1, -0.05) is 0 Å². The van der Waals surface area contributed by atoms with Crippen LogP contribution in [0.25, 0.3) is 0 Å². The Kier molecular flexibility index (Phi) is 3.69. The largest absolute Gasteiger partial charge is 0.306 e. The molecule has 2 aliphatic heterocycles. The van der Waals surface area contributed by atoms with Crippen LogP contribution in [0.2, 0.25) is 0 Å². The maximum atomic E-state index is 2.76. The molecule has 0 spiro atoms. The first kappa shape index (κ1) is 11.9. The first-order chi connectivity index (χ1) is 8.31. The van der Waals surface area contributed by atoms with E-state index in [1.165, 1.54) is 71.5 Å². The molecule has 0 aromatic heterocycles. The highest BCUT2D eigenvalue weighted by molar-refractivity contribution is 4.85. The van der Waals surface area contributed by atoms with Crippen molar-refractivity contribution in [3.05, 3.63) is 0 Å². The second kappa shape index (κ2) is 5.25. The third-order valence-corrected chi connectivity index (χ3v) is 4.82. The van der Waals surface area contributed by atoms with Crippen molar-refractivity contribution >= 4 is 0 Å². The second-order valence-corrected chi connectivity index (χ2v) is 6.31. The highest BCUT2D eigenvalue weighted by atomic mass is 15.3. The monoisotopic (exact) mass is 237 g/mol. The van der Waals surface area contributed by atoms with Crippen LogP contribution in [-0.2, 0) is 0 Å². The van der Waals surface area contributed by atoms with Gasteiger partial charge in [-0.2, -0.15) is 0 Å². The Morgan fingerprint density at radius 2 is 1.47 bits per heavy atom. The third kappa shape index (κ3) is 3.21. The predicted molar refractivity (Wildman–Crippen MR) is 71.3 cm³/mol. The molecule has 2 heterocycles. The highest BCUT2D eigenvalue weighted by Crippen LogP contribution is 2.30. The summed E-state index contributed by atoms with van der Waals surface area (Å²) in [5.74, 6) is 1.06. The second-order valence-electron chi connectivity index (χ2n) is 6.31. The van der Waals surface area contributed by atoms with E-state index in [2.05, 4.69) is 21.7 Å². The normalized spacial score (nSPS) is 30.9. The summed E-state index contributed by atoms with van der Waals surface area (Å²) < 4.78 is 0. The SMILES string of the molecule is CN1CCC(N2CCN(CC3CC3)CC2)CC1. The number of rotatable bonds is 3. The summed E-state index contributed by atoms with van der Waals surface area (Å²) in [4.78, 5) is 7.93. The number of hydrogen-bond donors (Lipinski definition) is 0. The molecule has 0 aromatic rings. The summed E-state index contributed by atoms with van der Waals surface area (Å²) in [6, 6.07) is 0.884. The highest BCUT2D eigenvalue weighted by Gasteiger charge is 2.29. The fourth-order valence-corrected chi connectivity index (χ4v) is 3.34. The molecule has 0 radical (unpaired) electrons. The van der Waals surface area contributed by atoms with E-state index in [1.807, 2.05) is 0 Å². The van der Waals surface area contributed by atoms with Gasteiger partial charge in [0.1, 0.15) is 0 Å². The smallest absolute Gasteiger partial charge is 0.0121 e. The van der Waals surface area contributed by atoms with Gasteiger partial charge in [0, 0.05) is 38.8 Å². The van der Waals surface area contributed by atoms with E-state index in [0.29, 0.717) is 0 Å². The number of nitrogens with zero attached hydrogens (tertiary/aromatic N) is 3. The first-order valence-electron chi connectivity index (χ1n) is 7.46. The lowest BCUT2D eigenvalue weighted by molar-refractivity contribution is 0.0630. The lowest BCUT2D eigenvalue weighted by Gasteiger charge is -2.42. The number of piperidine rings is 1. The van der Waals surface area contributed by atoms with Gasteiger partial charge in [-0.3, -0.25) is 4.90 Å². The van der Waals surface area contributed by atoms with Gasteiger partial charge in [-0.25, -0.2) is 0 Å². The maximum Gasteiger partial charge on any atom is 0.0121 e. The van der Waals surface area contributed by atoms with Crippen molar-refractivity contribution in [3.63, 3.8) is 0 Å². The zero-order valence-electron chi connectivity index (χ0n) is 11.3. The van der Waals surface area contributed by atoms with E-state index >= 15 is 0 Å². The van der Waals surface area contributed by atoms with Crippen molar-refractivity contribution < 1.29 is 0 Å². The fourth-order valence-electron chi connectivity index (χ4n) is 3.34. The summed E-state index contributed by atoms with van der Waals surface area (Å²) in [6.45, 7) is 9.27. The molecule has 1 saturated carbocycles. The Morgan fingerprint density at radius 3 is 2.06 bits per heavy atom. The van der Waals surface area contributed by atoms with Crippen LogP contribution in [0, 0.1) is 5.92 Å². The molecule has 3 rings (SSSR count). The first-order valence-corrected chi connectivity index (χ1v) is 7.46. The van der Waals surface area contributed by atoms with Crippen LogP contribution in [0.4, 0.5) is 0 Å². The van der Waals surface area contributed by atoms with Crippen molar-refractivity contribution in [1.82, 2.24) is 14.7 Å². The number of hydrogen-bond acceptors (Lipinski definition) is 3. The van der Waals surface area contributed by atoms with Crippen LogP contribution in [0.1, 0.15) is 25.7 Å². The Morgan fingerprint density at radius 1 is 0.824 bits per heavy atom. The number of likely N-dealkylation sites (tertiary alicyclic amines) is 1. The molecular formula is C14H27N3. The van der Waals surface area contributed by atoms with Gasteiger partial charge >= 0.3 is 0 Å². The molecule has 0 bridgehead atoms. The van der Waals surface area contributed by atoms with Gasteiger partial charge in [0.15, 0.2) is 0 Å². The van der Waals surface area contributed by atoms with Crippen LogP contribution in [-0.4, -0.2) is 73.6 Å². The van der Waals surface area contributed by atoms with E-state index in [0.717, 1.165) is 12.0 Å². The molecular weight excluding hydrogens is 210 g/mol. The Labute approximate surface area is 106 Å². The molecule has 3 fully saturated rings. The molecule has 2 saturated heterocycles. The molecule has 3 nitrogen and oxygen atoms in total. The Balaban J connectivity index is 1.41. The molecule has 0 atom stereocenters. The van der Waals surface area contributed by atoms with Crippen molar-refractivity contribution in [3.8, 4) is 0 Å². The Hall–Kier alpha value is -0.120. The van der Waals surface area contributed by atoms with Crippen molar-refractivity contribution in [2.24, 2.45) is 5.92 Å². The Bertz CT molecular complexity index is 236. The minimum atomic E-state index is 0.884. The van der Waals surface area contributed by atoms with Crippen molar-refractivity contribution in [1.29, 1.82) is 0 Å². The zero-order valence-corrected chi connectivity index (χ0v) is 11.3. The molecule has 1 aliphatic carbocycles. The molecule has 17 heavy (non-hydrogen) atoms. The van der Waals surface area contributed by atoms with Gasteiger partial charge in [0.05, 0.1) is 0 Å². The van der Waals surface area contributed by atoms with Crippen LogP contribution >= 0.6 is 0 Å². The molecule has 0 amide bonds. The molecule has 3 heteroatoms. The fraction of sp³-hybridized carbons (Fsp3) is 1.00. The van der Waals surface area contributed by atoms with E-state index in [9.17, 15) is 0 Å². The van der Waals surface area contributed by atoms with Crippen LogP contribution in [0.15, 0.2) is 0 Å². The van der Waals surface area contributed by atoms with E-state index in [-0.39, 0.29) is 0 Å². The van der Waals surface area contributed by atoms with Crippen molar-refractivity contribution in [2.45, 2.75) is 31.7 Å². The maximum absolute atomic E-state index is 2.76. The van der Waals surface area contributed by atoms with Gasteiger partial charge < -0.3 is 9.80 Å². The van der Waals surface area contributed by atoms with Crippen molar-refractivity contribution in [2.75, 3.05) is 52.9 Å². The van der Waals surface area contributed by atoms with E-state index in [4.69, 9.17) is 0 Å². The van der Waals surface area contributed by atoms with E-state index in [1.54, 1.807) is 0 Å². The van der Waals surface area contributed by atoms with Crippen LogP contribution < -0.4 is 0 Å². The summed E-state index contributed by atoms with van der Waals surface area (Å²) in [7, 11) is 2.25. The molecule has 98 valence electrons.